The van der Waals surface area contributed by atoms with Gasteiger partial charge in [-0.05, 0) is 44.6 Å². The molecule has 2 aromatic heterocycles. The maximum absolute atomic E-state index is 12.7. The number of aryl methyl sites for hydroxylation is 2. The second-order valence-electron chi connectivity index (χ2n) is 7.70. The molecular weight excluding hydrogens is 342 g/mol. The first-order valence-electron chi connectivity index (χ1n) is 9.44. The van der Waals surface area contributed by atoms with Crippen LogP contribution in [-0.4, -0.2) is 9.97 Å². The fraction of sp³-hybridized carbons (Fsp3) is 0.429. The molecule has 0 aliphatic heterocycles. The number of rotatable bonds is 4. The lowest BCUT2D eigenvalue weighted by atomic mass is 9.89. The van der Waals surface area contributed by atoms with Gasteiger partial charge in [0.15, 0.2) is 5.82 Å². The molecule has 136 valence electrons. The van der Waals surface area contributed by atoms with E-state index in [1.807, 2.05) is 0 Å². The van der Waals surface area contributed by atoms with Gasteiger partial charge in [-0.15, -0.1) is 11.3 Å². The Hall–Kier alpha value is -1.98. The highest BCUT2D eigenvalue weighted by atomic mass is 32.1. The Morgan fingerprint density at radius 2 is 2.12 bits per heavy atom. The minimum absolute atomic E-state index is 0.0349. The zero-order valence-electron chi connectivity index (χ0n) is 15.6. The van der Waals surface area contributed by atoms with Crippen molar-refractivity contribution in [1.82, 2.24) is 9.97 Å². The molecular formula is C21H26N3OS+. The molecule has 0 unspecified atom stereocenters. The predicted molar refractivity (Wildman–Crippen MR) is 107 cm³/mol. The van der Waals surface area contributed by atoms with Crippen molar-refractivity contribution in [3.05, 3.63) is 62.0 Å². The lowest BCUT2D eigenvalue weighted by Gasteiger charge is -2.17. The standard InChI is InChI=1S/C21H25N3OS/c1-12-4-7-15(8-5-12)11-22-14(3)19-23-20(25)18-16-9-6-13(2)10-17(16)26-21(18)24-19/h4-5,7-8,13-14,22H,6,9-11H2,1-3H3,(H,23,24,25)/p+1/t13-,14-/m0/s1. The SMILES string of the molecule is Cc1ccc(C[NH2+][C@@H](C)c2nc3sc4c(c3c(=O)[nH]2)CC[C@H](C)C4)cc1. The predicted octanol–water partition coefficient (Wildman–Crippen LogP) is 3.24. The Labute approximate surface area is 157 Å². The Bertz CT molecular complexity index is 987. The van der Waals surface area contributed by atoms with E-state index >= 15 is 0 Å². The fourth-order valence-electron chi connectivity index (χ4n) is 3.73. The third-order valence-electron chi connectivity index (χ3n) is 5.44. The Morgan fingerprint density at radius 3 is 2.88 bits per heavy atom. The number of fused-ring (bicyclic) bond motifs is 3. The number of H-pyrrole nitrogens is 1. The third-order valence-corrected chi connectivity index (χ3v) is 6.59. The zero-order valence-corrected chi connectivity index (χ0v) is 16.5. The van der Waals surface area contributed by atoms with Gasteiger partial charge in [-0.25, -0.2) is 4.98 Å². The van der Waals surface area contributed by atoms with Crippen molar-refractivity contribution in [2.75, 3.05) is 0 Å². The number of nitrogens with zero attached hydrogens (tertiary/aromatic N) is 1. The molecule has 0 fully saturated rings. The lowest BCUT2D eigenvalue weighted by Crippen LogP contribution is -2.83. The van der Waals surface area contributed by atoms with Crippen LogP contribution in [0.25, 0.3) is 10.2 Å². The molecule has 26 heavy (non-hydrogen) atoms. The second kappa shape index (κ2) is 6.97. The smallest absolute Gasteiger partial charge is 0.260 e. The van der Waals surface area contributed by atoms with Crippen LogP contribution >= 0.6 is 11.3 Å². The average molecular weight is 369 g/mol. The molecule has 3 N–H and O–H groups in total. The van der Waals surface area contributed by atoms with Gasteiger partial charge in [0, 0.05) is 10.4 Å². The summed E-state index contributed by atoms with van der Waals surface area (Å²) in [5, 5.41) is 3.07. The van der Waals surface area contributed by atoms with Crippen LogP contribution in [0.2, 0.25) is 0 Å². The van der Waals surface area contributed by atoms with Gasteiger partial charge in [-0.3, -0.25) is 4.79 Å². The quantitative estimate of drug-likeness (QED) is 0.743. The number of benzene rings is 1. The summed E-state index contributed by atoms with van der Waals surface area (Å²) in [4.78, 5) is 22.9. The Kier molecular flexibility index (Phi) is 4.67. The molecule has 0 spiro atoms. The zero-order chi connectivity index (χ0) is 18.3. The van der Waals surface area contributed by atoms with E-state index in [9.17, 15) is 4.79 Å². The van der Waals surface area contributed by atoms with Crippen molar-refractivity contribution in [3.8, 4) is 0 Å². The summed E-state index contributed by atoms with van der Waals surface area (Å²) in [5.41, 5.74) is 3.84. The van der Waals surface area contributed by atoms with Crippen molar-refractivity contribution in [2.45, 2.75) is 52.6 Å². The third kappa shape index (κ3) is 3.33. The van der Waals surface area contributed by atoms with E-state index in [1.54, 1.807) is 11.3 Å². The molecule has 5 heteroatoms. The van der Waals surface area contributed by atoms with Gasteiger partial charge in [0.05, 0.1) is 5.39 Å². The second-order valence-corrected chi connectivity index (χ2v) is 8.78. The van der Waals surface area contributed by atoms with Crippen molar-refractivity contribution < 1.29 is 5.32 Å². The molecule has 3 aromatic rings. The number of hydrogen-bond donors (Lipinski definition) is 2. The molecule has 1 aromatic carbocycles. The molecule has 0 saturated carbocycles. The van der Waals surface area contributed by atoms with Crippen LogP contribution in [-0.2, 0) is 19.4 Å². The highest BCUT2D eigenvalue weighted by Crippen LogP contribution is 2.35. The van der Waals surface area contributed by atoms with Crippen LogP contribution in [0.3, 0.4) is 0 Å². The summed E-state index contributed by atoms with van der Waals surface area (Å²) in [6, 6.07) is 8.71. The van der Waals surface area contributed by atoms with E-state index in [0.717, 1.165) is 35.4 Å². The summed E-state index contributed by atoms with van der Waals surface area (Å²) in [5.74, 6) is 1.48. The number of hydrogen-bond acceptors (Lipinski definition) is 3. The van der Waals surface area contributed by atoms with Gasteiger partial charge in [0.2, 0.25) is 0 Å². The van der Waals surface area contributed by atoms with Gasteiger partial charge >= 0.3 is 0 Å². The number of quaternary nitrogens is 1. The summed E-state index contributed by atoms with van der Waals surface area (Å²) in [6.07, 6.45) is 3.26. The minimum atomic E-state index is 0.0349. The van der Waals surface area contributed by atoms with Crippen LogP contribution in [0.15, 0.2) is 29.1 Å². The average Bonchev–Trinajstić information content (AvgIpc) is 2.98. The fourth-order valence-corrected chi connectivity index (χ4v) is 5.12. The number of aromatic nitrogens is 2. The van der Waals surface area contributed by atoms with E-state index in [2.05, 4.69) is 55.3 Å². The molecule has 4 nitrogen and oxygen atoms in total. The van der Waals surface area contributed by atoms with Crippen LogP contribution in [0.1, 0.15) is 53.7 Å². The molecule has 1 aliphatic carbocycles. The largest absolute Gasteiger partial charge is 0.334 e. The van der Waals surface area contributed by atoms with E-state index in [1.165, 1.54) is 28.0 Å². The molecule has 0 radical (unpaired) electrons. The first-order chi connectivity index (χ1) is 12.5. The maximum atomic E-state index is 12.7. The van der Waals surface area contributed by atoms with Gasteiger partial charge in [-0.2, -0.15) is 0 Å². The van der Waals surface area contributed by atoms with Crippen LogP contribution in [0, 0.1) is 12.8 Å². The van der Waals surface area contributed by atoms with Gasteiger partial charge in [0.25, 0.3) is 5.56 Å². The molecule has 2 heterocycles. The minimum Gasteiger partial charge on any atom is -0.334 e. The molecule has 0 amide bonds. The topological polar surface area (TPSA) is 62.4 Å². The van der Waals surface area contributed by atoms with Crippen LogP contribution in [0.4, 0.5) is 0 Å². The maximum Gasteiger partial charge on any atom is 0.260 e. The van der Waals surface area contributed by atoms with Crippen molar-refractivity contribution in [1.29, 1.82) is 0 Å². The number of aromatic amines is 1. The van der Waals surface area contributed by atoms with E-state index in [-0.39, 0.29) is 11.6 Å². The Balaban J connectivity index is 1.58. The highest BCUT2D eigenvalue weighted by molar-refractivity contribution is 7.18. The first-order valence-corrected chi connectivity index (χ1v) is 10.3. The van der Waals surface area contributed by atoms with E-state index in [4.69, 9.17) is 4.98 Å². The molecule has 2 atom stereocenters. The summed E-state index contributed by atoms with van der Waals surface area (Å²) in [7, 11) is 0. The monoisotopic (exact) mass is 368 g/mol. The van der Waals surface area contributed by atoms with Crippen LogP contribution < -0.4 is 10.9 Å². The van der Waals surface area contributed by atoms with Crippen molar-refractivity contribution >= 4 is 21.6 Å². The number of nitrogens with two attached hydrogens (primary N) is 1. The lowest BCUT2D eigenvalue weighted by molar-refractivity contribution is -0.709. The van der Waals surface area contributed by atoms with E-state index in [0.29, 0.717) is 5.92 Å². The van der Waals surface area contributed by atoms with Gasteiger partial charge in [-0.1, -0.05) is 36.8 Å². The molecule has 0 bridgehead atoms. The first kappa shape index (κ1) is 17.4. The van der Waals surface area contributed by atoms with Gasteiger partial charge in [0.1, 0.15) is 17.4 Å². The summed E-state index contributed by atoms with van der Waals surface area (Å²) >= 11 is 1.72. The Morgan fingerprint density at radius 1 is 1.35 bits per heavy atom. The van der Waals surface area contributed by atoms with Crippen molar-refractivity contribution in [3.63, 3.8) is 0 Å². The summed E-state index contributed by atoms with van der Waals surface area (Å²) in [6.45, 7) is 7.37. The number of thiophene rings is 1. The normalized spacial score (nSPS) is 18.0. The molecule has 1 aliphatic rings. The molecule has 4 rings (SSSR count). The van der Waals surface area contributed by atoms with E-state index < -0.39 is 0 Å². The number of nitrogens with one attached hydrogen (secondary N) is 1. The molecule has 0 saturated heterocycles. The van der Waals surface area contributed by atoms with Crippen molar-refractivity contribution in [2.24, 2.45) is 5.92 Å². The van der Waals surface area contributed by atoms with Gasteiger partial charge < -0.3 is 10.3 Å². The summed E-state index contributed by atoms with van der Waals surface area (Å²) < 4.78 is 0. The highest BCUT2D eigenvalue weighted by Gasteiger charge is 2.24. The van der Waals surface area contributed by atoms with Crippen LogP contribution in [0.5, 0.6) is 0 Å².